The maximum Gasteiger partial charge on any atom is 0.327 e. The molecule has 1 saturated heterocycles. The van der Waals surface area contributed by atoms with Gasteiger partial charge in [0.05, 0.1) is 16.3 Å². The summed E-state index contributed by atoms with van der Waals surface area (Å²) in [6.07, 6.45) is 4.20. The number of nitrogens with one attached hydrogen (secondary N) is 1. The average Bonchev–Trinajstić information content (AvgIpc) is 3.36. The molecule has 5 rings (SSSR count). The molecular formula is C30H33FN4O4S. The Kier molecular flexibility index (Phi) is 7.67. The first-order valence-electron chi connectivity index (χ1n) is 13.2. The van der Waals surface area contributed by atoms with Crippen LogP contribution in [0.2, 0.25) is 0 Å². The van der Waals surface area contributed by atoms with Crippen LogP contribution < -0.4 is 4.72 Å². The van der Waals surface area contributed by atoms with E-state index in [1.807, 2.05) is 24.3 Å². The van der Waals surface area contributed by atoms with Crippen molar-refractivity contribution in [1.29, 1.82) is 0 Å². The number of rotatable bonds is 9. The predicted octanol–water partition coefficient (Wildman–Crippen LogP) is 3.93. The number of benzene rings is 2. The topological polar surface area (TPSA) is 94.9 Å². The standard InChI is InChI=1S/C30H33FN4O4S/c1-4-8-22(5-2)40(3,39)32-28(36)15-16-33-29(37)26-17-24-23-9-6-7-10-25(23)34(27(24)19-35(26)30(33)38)18-20-11-13-21(31)14-12-20/h4-14,26,28,36H,3,15-19H2,1-2H3,(H,32,39)/b8-4-,22-5+. The Morgan fingerprint density at radius 3 is 2.62 bits per heavy atom. The van der Waals surface area contributed by atoms with E-state index in [2.05, 4.69) is 15.2 Å². The van der Waals surface area contributed by atoms with Gasteiger partial charge in [0.25, 0.3) is 5.91 Å². The van der Waals surface area contributed by atoms with E-state index >= 15 is 0 Å². The van der Waals surface area contributed by atoms with Crippen LogP contribution in [0.15, 0.2) is 71.7 Å². The summed E-state index contributed by atoms with van der Waals surface area (Å²) in [4.78, 5) is 30.0. The minimum Gasteiger partial charge on any atom is -0.378 e. The van der Waals surface area contributed by atoms with Gasteiger partial charge in [-0.1, -0.05) is 42.5 Å². The maximum atomic E-state index is 13.5. The molecule has 3 heterocycles. The van der Waals surface area contributed by atoms with Crippen molar-refractivity contribution >= 4 is 38.4 Å². The molecule has 8 nitrogen and oxygen atoms in total. The Bertz CT molecular complexity index is 1630. The molecule has 1 aromatic heterocycles. The van der Waals surface area contributed by atoms with E-state index in [4.69, 9.17) is 0 Å². The molecule has 2 aromatic carbocycles. The molecule has 0 spiro atoms. The number of aliphatic hydroxyl groups excluding tert-OH is 1. The average molecular weight is 565 g/mol. The van der Waals surface area contributed by atoms with Crippen LogP contribution in [0, 0.1) is 5.82 Å². The third kappa shape index (κ3) is 5.10. The van der Waals surface area contributed by atoms with E-state index in [0.717, 1.165) is 27.7 Å². The lowest BCUT2D eigenvalue weighted by molar-refractivity contribution is -0.128. The summed E-state index contributed by atoms with van der Waals surface area (Å²) < 4.78 is 31.2. The van der Waals surface area contributed by atoms with Crippen LogP contribution in [0.4, 0.5) is 9.18 Å². The number of urea groups is 1. The molecule has 0 saturated carbocycles. The van der Waals surface area contributed by atoms with Gasteiger partial charge in [0.1, 0.15) is 18.1 Å². The number of aliphatic hydroxyl groups is 1. The molecule has 3 amide bonds. The number of hydrogen-bond donors (Lipinski definition) is 2. The number of nitrogens with zero attached hydrogens (tertiary/aromatic N) is 3. The summed E-state index contributed by atoms with van der Waals surface area (Å²) in [6.45, 7) is 4.27. The molecule has 2 aliphatic rings. The van der Waals surface area contributed by atoms with Crippen molar-refractivity contribution in [2.75, 3.05) is 6.54 Å². The first-order valence-corrected chi connectivity index (χ1v) is 14.9. The number of hydrogen-bond acceptors (Lipinski definition) is 4. The van der Waals surface area contributed by atoms with Crippen molar-refractivity contribution in [3.05, 3.63) is 94.3 Å². The Hall–Kier alpha value is -3.73. The van der Waals surface area contributed by atoms with Gasteiger partial charge in [0.2, 0.25) is 0 Å². The van der Waals surface area contributed by atoms with E-state index in [1.165, 1.54) is 17.0 Å². The number of halogens is 1. The zero-order valence-corrected chi connectivity index (χ0v) is 23.4. The van der Waals surface area contributed by atoms with Gasteiger partial charge in [0.15, 0.2) is 0 Å². The SMILES string of the molecule is C=S(=O)(NC(O)CCN1C(=O)C2Cc3c(n(Cc4ccc(F)cc4)c4ccccc34)CN2C1=O)C(/C=C\C)=C/C. The third-order valence-electron chi connectivity index (χ3n) is 7.52. The molecule has 0 radical (unpaired) electrons. The van der Waals surface area contributed by atoms with Gasteiger partial charge in [-0.2, -0.15) is 0 Å². The zero-order valence-electron chi connectivity index (χ0n) is 22.5. The molecule has 2 aliphatic heterocycles. The first-order chi connectivity index (χ1) is 19.1. The Balaban J connectivity index is 1.35. The highest BCUT2D eigenvalue weighted by molar-refractivity contribution is 8.02. The van der Waals surface area contributed by atoms with Gasteiger partial charge in [-0.05, 0) is 55.1 Å². The lowest BCUT2D eigenvalue weighted by atomic mass is 9.97. The zero-order chi connectivity index (χ0) is 28.6. The molecule has 1 fully saturated rings. The van der Waals surface area contributed by atoms with Crippen LogP contribution in [0.25, 0.3) is 10.9 Å². The van der Waals surface area contributed by atoms with Crippen LogP contribution in [-0.4, -0.2) is 60.3 Å². The Morgan fingerprint density at radius 1 is 1.20 bits per heavy atom. The Labute approximate surface area is 233 Å². The lowest BCUT2D eigenvalue weighted by Gasteiger charge is -2.28. The number of carbonyl (C=O) groups is 2. The fourth-order valence-corrected chi connectivity index (χ4v) is 7.01. The van der Waals surface area contributed by atoms with Crippen LogP contribution in [0.5, 0.6) is 0 Å². The summed E-state index contributed by atoms with van der Waals surface area (Å²) in [5.41, 5.74) is 3.91. The summed E-state index contributed by atoms with van der Waals surface area (Å²) in [7, 11) is -2.96. The minimum atomic E-state index is -2.96. The molecule has 40 heavy (non-hydrogen) atoms. The fourth-order valence-electron chi connectivity index (χ4n) is 5.58. The third-order valence-corrected chi connectivity index (χ3v) is 9.30. The van der Waals surface area contributed by atoms with Crippen molar-refractivity contribution in [3.8, 4) is 0 Å². The van der Waals surface area contributed by atoms with E-state index in [1.54, 1.807) is 49.1 Å². The Morgan fingerprint density at radius 2 is 1.93 bits per heavy atom. The maximum absolute atomic E-state index is 13.5. The van der Waals surface area contributed by atoms with Crippen molar-refractivity contribution < 1.29 is 23.3 Å². The van der Waals surface area contributed by atoms with E-state index in [9.17, 15) is 23.3 Å². The van der Waals surface area contributed by atoms with Crippen LogP contribution in [-0.2, 0) is 34.0 Å². The lowest BCUT2D eigenvalue weighted by Crippen LogP contribution is -2.40. The second-order valence-corrected chi connectivity index (χ2v) is 12.1. The van der Waals surface area contributed by atoms with Crippen LogP contribution in [0.3, 0.4) is 0 Å². The second-order valence-electron chi connectivity index (χ2n) is 10.1. The molecule has 2 N–H and O–H groups in total. The quantitative estimate of drug-likeness (QED) is 0.178. The molecule has 210 valence electrons. The number of imide groups is 1. The van der Waals surface area contributed by atoms with Crippen molar-refractivity contribution in [1.82, 2.24) is 19.1 Å². The highest BCUT2D eigenvalue weighted by atomic mass is 32.2. The number of para-hydroxylation sites is 1. The second kappa shape index (κ2) is 11.0. The summed E-state index contributed by atoms with van der Waals surface area (Å²) in [6, 6.07) is 13.3. The van der Waals surface area contributed by atoms with Crippen molar-refractivity contribution in [2.24, 2.45) is 0 Å². The molecule has 0 bridgehead atoms. The number of aromatic nitrogens is 1. The van der Waals surface area contributed by atoms with Crippen molar-refractivity contribution in [3.63, 3.8) is 0 Å². The normalized spacial score (nSPS) is 19.8. The van der Waals surface area contributed by atoms with Gasteiger partial charge >= 0.3 is 6.03 Å². The van der Waals surface area contributed by atoms with Gasteiger partial charge < -0.3 is 14.6 Å². The summed E-state index contributed by atoms with van der Waals surface area (Å²) in [5.74, 6) is 3.10. The van der Waals surface area contributed by atoms with Gasteiger partial charge in [0, 0.05) is 47.4 Å². The van der Waals surface area contributed by atoms with Crippen molar-refractivity contribution in [2.45, 2.75) is 52.0 Å². The highest BCUT2D eigenvalue weighted by Crippen LogP contribution is 2.37. The van der Waals surface area contributed by atoms with Gasteiger partial charge in [-0.15, -0.1) is 0 Å². The molecular weight excluding hydrogens is 531 g/mol. The first kappa shape index (κ1) is 27.8. The van der Waals surface area contributed by atoms with Crippen LogP contribution in [0.1, 0.15) is 37.1 Å². The molecule has 3 unspecified atom stereocenters. The number of amides is 3. The van der Waals surface area contributed by atoms with Crippen LogP contribution >= 0.6 is 0 Å². The highest BCUT2D eigenvalue weighted by Gasteiger charge is 2.48. The number of fused-ring (bicyclic) bond motifs is 4. The molecule has 0 aliphatic carbocycles. The van der Waals surface area contributed by atoms with Gasteiger partial charge in [-0.25, -0.2) is 18.1 Å². The number of allylic oxidation sites excluding steroid dienone is 3. The summed E-state index contributed by atoms with van der Waals surface area (Å²) in [5, 5.41) is 11.6. The fraction of sp³-hybridized carbons (Fsp3) is 0.300. The predicted molar refractivity (Wildman–Crippen MR) is 155 cm³/mol. The monoisotopic (exact) mass is 564 g/mol. The van der Waals surface area contributed by atoms with E-state index in [-0.39, 0.29) is 31.2 Å². The molecule has 10 heteroatoms. The largest absolute Gasteiger partial charge is 0.378 e. The summed E-state index contributed by atoms with van der Waals surface area (Å²) >= 11 is 0. The minimum absolute atomic E-state index is 0.00402. The van der Waals surface area contributed by atoms with E-state index in [0.29, 0.717) is 17.9 Å². The molecule has 3 aromatic rings. The molecule has 3 atom stereocenters. The smallest absolute Gasteiger partial charge is 0.327 e. The van der Waals surface area contributed by atoms with Gasteiger partial charge in [-0.3, -0.25) is 9.69 Å². The number of carbonyl (C=O) groups excluding carboxylic acids is 2. The van der Waals surface area contributed by atoms with E-state index < -0.39 is 28.0 Å².